The maximum Gasteiger partial charge on any atom is 0.494 e. The van der Waals surface area contributed by atoms with Crippen molar-refractivity contribution in [3.63, 3.8) is 0 Å². The molecule has 98 heavy (non-hydrogen) atoms. The third-order valence-corrected chi connectivity index (χ3v) is 18.8. The summed E-state index contributed by atoms with van der Waals surface area (Å²) in [5.74, 6) is 3.28. The average Bonchev–Trinajstić information content (AvgIpc) is 1.71. The lowest BCUT2D eigenvalue weighted by molar-refractivity contribution is 0.00578. The number of rotatable bonds is 10. The smallest absolute Gasteiger partial charge is 0.399 e. The minimum atomic E-state index is -0.325. The van der Waals surface area contributed by atoms with Crippen molar-refractivity contribution >= 4 is 68.7 Å². The number of pyridine rings is 2. The Bertz CT molecular complexity index is 5260. The molecule has 17 rings (SSSR count). The van der Waals surface area contributed by atoms with Crippen molar-refractivity contribution in [3.8, 4) is 90.1 Å². The van der Waals surface area contributed by atoms with Gasteiger partial charge in [0.15, 0.2) is 23.3 Å². The van der Waals surface area contributed by atoms with E-state index in [4.69, 9.17) is 35.9 Å². The minimum absolute atomic E-state index is 0.0318. The fourth-order valence-electron chi connectivity index (χ4n) is 12.5. The molecule has 0 N–H and O–H groups in total. The Morgan fingerprint density at radius 1 is 0.357 bits per heavy atom. The van der Waals surface area contributed by atoms with Crippen LogP contribution >= 0.6 is 11.6 Å². The van der Waals surface area contributed by atoms with Crippen molar-refractivity contribution in [2.24, 2.45) is 0 Å². The summed E-state index contributed by atoms with van der Waals surface area (Å²) in [5.41, 5.74) is 13.4. The van der Waals surface area contributed by atoms with Crippen LogP contribution in [-0.4, -0.2) is 58.2 Å². The van der Waals surface area contributed by atoms with E-state index >= 15 is 0 Å². The summed E-state index contributed by atoms with van der Waals surface area (Å²) in [4.78, 5) is 37.1. The van der Waals surface area contributed by atoms with Gasteiger partial charge in [0.25, 0.3) is 0 Å². The van der Waals surface area contributed by atoms with Gasteiger partial charge in [-0.1, -0.05) is 273 Å². The van der Waals surface area contributed by atoms with E-state index in [0.29, 0.717) is 23.3 Å². The summed E-state index contributed by atoms with van der Waals surface area (Å²) >= 11 is 6.24. The predicted octanol–water partition coefficient (Wildman–Crippen LogP) is 18.7. The molecule has 1 saturated heterocycles. The van der Waals surface area contributed by atoms with Crippen LogP contribution in [0.3, 0.4) is 0 Å². The first-order valence-corrected chi connectivity index (χ1v) is 33.3. The molecule has 11 aromatic carbocycles. The number of hydrogen-bond donors (Lipinski definition) is 0. The summed E-state index contributed by atoms with van der Waals surface area (Å²) in [6, 6.07) is 93.7. The molecule has 0 spiro atoms. The summed E-state index contributed by atoms with van der Waals surface area (Å²) in [5, 5.41) is 9.73. The first-order valence-electron chi connectivity index (χ1n) is 32.9. The maximum atomic E-state index is 6.24. The predicted molar refractivity (Wildman–Crippen MR) is 400 cm³/mol. The number of nitrogens with zero attached hydrogens (tertiary/aromatic N) is 8. The van der Waals surface area contributed by atoms with Crippen LogP contribution in [0, 0.1) is 0 Å². The zero-order valence-corrected chi connectivity index (χ0v) is 55.3. The van der Waals surface area contributed by atoms with Gasteiger partial charge in [0.05, 0.1) is 11.2 Å². The molecule has 1 atom stereocenters. The Hall–Kier alpha value is -11.5. The number of fused-ring (bicyclic) bond motifs is 6. The lowest BCUT2D eigenvalue weighted by Crippen LogP contribution is -2.41. The maximum absolute atomic E-state index is 6.24. The fourth-order valence-corrected chi connectivity index (χ4v) is 12.7. The van der Waals surface area contributed by atoms with E-state index in [1.54, 1.807) is 0 Å². The largest absolute Gasteiger partial charge is 0.494 e. The van der Waals surface area contributed by atoms with Gasteiger partial charge in [0.1, 0.15) is 5.82 Å². The topological polar surface area (TPSA) is 122 Å². The van der Waals surface area contributed by atoms with Crippen LogP contribution in [0.1, 0.15) is 45.9 Å². The van der Waals surface area contributed by atoms with Crippen LogP contribution in [0.4, 0.5) is 0 Å². The Labute approximate surface area is 575 Å². The van der Waals surface area contributed by atoms with Gasteiger partial charge in [0.2, 0.25) is 5.28 Å². The molecular formula is C86H66BClN8O2. The van der Waals surface area contributed by atoms with Gasteiger partial charge in [0, 0.05) is 63.7 Å². The van der Waals surface area contributed by atoms with Crippen molar-refractivity contribution in [1.29, 1.82) is 0 Å². The zero-order valence-electron chi connectivity index (χ0n) is 54.6. The molecule has 0 saturated carbocycles. The molecule has 0 radical (unpaired) electrons. The van der Waals surface area contributed by atoms with Crippen molar-refractivity contribution in [3.05, 3.63) is 319 Å². The van der Waals surface area contributed by atoms with E-state index in [2.05, 4.69) is 259 Å². The van der Waals surface area contributed by atoms with Crippen LogP contribution in [-0.2, 0) is 9.31 Å². The van der Waals surface area contributed by atoms with Gasteiger partial charge in [-0.3, -0.25) is 9.97 Å². The van der Waals surface area contributed by atoms with Gasteiger partial charge in [-0.2, -0.15) is 9.97 Å². The van der Waals surface area contributed by atoms with Gasteiger partial charge < -0.3 is 9.31 Å². The Morgan fingerprint density at radius 3 is 1.16 bits per heavy atom. The first kappa shape index (κ1) is 62.6. The minimum Gasteiger partial charge on any atom is -0.399 e. The average molecular weight is 1290 g/mol. The molecule has 0 bridgehead atoms. The van der Waals surface area contributed by atoms with Crippen LogP contribution in [0.5, 0.6) is 0 Å². The van der Waals surface area contributed by atoms with Crippen molar-refractivity contribution < 1.29 is 9.31 Å². The van der Waals surface area contributed by atoms with Crippen LogP contribution < -0.4 is 15.9 Å². The molecule has 472 valence electrons. The van der Waals surface area contributed by atoms with Crippen LogP contribution in [0.2, 0.25) is 5.28 Å². The Morgan fingerprint density at radius 2 is 0.724 bits per heavy atom. The monoisotopic (exact) mass is 1290 g/mol. The standard InChI is InChI=1S/C40H28N4.C27H18ClN3.C19H20BNO2/c1-3-7-27(8-4-1)29-11-16-32(17-12-29)38-42-39(33-18-13-30(14-19-33)28-9-5-2-6-10-28)44-40(43-38)35-21-22-36-34(25-35)20-15-31-23-24-41-26-37(31)36;28-27-30-25(23-15-11-21(12-16-23)19-7-3-1-4-8-19)29-26(31-27)24-17-13-22(14-18-24)20-9-5-2-6-10-20;1-18(2)19(3,4)23-20(22-18)15-7-8-16-14(11-15)6-5-13-9-10-21-12-17(13)16/h1-20,22-26,35H,21H2;1-18H;5-12H,1-4H3. The number of aromatic nitrogens is 8. The number of hydrogen-bond acceptors (Lipinski definition) is 10. The second-order valence-corrected chi connectivity index (χ2v) is 25.8. The van der Waals surface area contributed by atoms with E-state index in [1.807, 2.05) is 104 Å². The van der Waals surface area contributed by atoms with Crippen LogP contribution in [0.15, 0.2) is 298 Å². The molecule has 1 unspecified atom stereocenters. The summed E-state index contributed by atoms with van der Waals surface area (Å²) < 4.78 is 12.3. The van der Waals surface area contributed by atoms with E-state index in [0.717, 1.165) is 62.2 Å². The number of halogens is 1. The number of benzene rings is 11. The zero-order chi connectivity index (χ0) is 66.6. The first-order chi connectivity index (χ1) is 47.9. The quantitative estimate of drug-likeness (QED) is 0.0966. The van der Waals surface area contributed by atoms with Crippen molar-refractivity contribution in [2.75, 3.05) is 0 Å². The highest BCUT2D eigenvalue weighted by Crippen LogP contribution is 2.38. The molecule has 10 nitrogen and oxygen atoms in total. The molecule has 2 aliphatic rings. The lowest BCUT2D eigenvalue weighted by Gasteiger charge is -2.32. The highest BCUT2D eigenvalue weighted by Gasteiger charge is 2.51. The molecular weight excluding hydrogens is 1220 g/mol. The van der Waals surface area contributed by atoms with E-state index in [1.165, 1.54) is 65.0 Å². The second-order valence-electron chi connectivity index (χ2n) is 25.5. The highest BCUT2D eigenvalue weighted by molar-refractivity contribution is 6.62. The normalized spacial score (nSPS) is 14.3. The fraction of sp³-hybridized carbons (Fsp3) is 0.0930. The molecule has 5 heterocycles. The van der Waals surface area contributed by atoms with Gasteiger partial charge in [-0.15, -0.1) is 0 Å². The van der Waals surface area contributed by atoms with Gasteiger partial charge >= 0.3 is 7.12 Å². The molecule has 0 amide bonds. The van der Waals surface area contributed by atoms with Gasteiger partial charge in [-0.25, -0.2) is 19.9 Å². The van der Waals surface area contributed by atoms with Gasteiger partial charge in [-0.05, 0) is 140 Å². The van der Waals surface area contributed by atoms with Crippen molar-refractivity contribution in [1.82, 2.24) is 39.9 Å². The third-order valence-electron chi connectivity index (χ3n) is 18.6. The molecule has 12 heteroatoms. The molecule has 15 aromatic rings. The third kappa shape index (κ3) is 13.4. The highest BCUT2D eigenvalue weighted by atomic mass is 35.5. The second kappa shape index (κ2) is 27.3. The molecule has 1 aliphatic heterocycles. The Balaban J connectivity index is 0.000000127. The van der Waals surface area contributed by atoms with Crippen LogP contribution in [0.25, 0.3) is 135 Å². The van der Waals surface area contributed by atoms with E-state index < -0.39 is 0 Å². The molecule has 1 fully saturated rings. The van der Waals surface area contributed by atoms with E-state index in [9.17, 15) is 0 Å². The summed E-state index contributed by atoms with van der Waals surface area (Å²) in [7, 11) is -0.325. The summed E-state index contributed by atoms with van der Waals surface area (Å²) in [6.45, 7) is 8.31. The Kier molecular flexibility index (Phi) is 17.5. The van der Waals surface area contributed by atoms with E-state index in [-0.39, 0.29) is 29.5 Å². The SMILES string of the molecule is C1=c2ccc3ccncc3c2=CCC1c1nc(-c2ccc(-c3ccccc3)cc2)nc(-c2ccc(-c3ccccc3)cc2)n1.CC1(C)OB(c2ccc3c(ccc4ccncc43)c2)OC1(C)C.Clc1nc(-c2ccc(-c3ccccc3)cc2)nc(-c2ccc(-c3ccccc3)cc2)n1. The summed E-state index contributed by atoms with van der Waals surface area (Å²) in [6.07, 6.45) is 13.0. The lowest BCUT2D eigenvalue weighted by atomic mass is 9.78. The van der Waals surface area contributed by atoms with Crippen molar-refractivity contribution in [2.45, 2.75) is 51.2 Å². The molecule has 4 aromatic heterocycles. The molecule has 1 aliphatic carbocycles.